The first-order valence-electron chi connectivity index (χ1n) is 11.4. The van der Waals surface area contributed by atoms with E-state index >= 15 is 0 Å². The number of amides is 1. The highest BCUT2D eigenvalue weighted by molar-refractivity contribution is 5.97. The average Bonchev–Trinajstić information content (AvgIpc) is 2.90. The number of carbonyl (C=O) groups is 2. The van der Waals surface area contributed by atoms with Crippen molar-refractivity contribution in [2.24, 2.45) is 0 Å². The Morgan fingerprint density at radius 2 is 1.61 bits per heavy atom. The Morgan fingerprint density at radius 1 is 0.972 bits per heavy atom. The van der Waals surface area contributed by atoms with Crippen LogP contribution in [0.4, 0.5) is 0 Å². The topological polar surface area (TPSA) is 113 Å². The molecule has 1 atom stereocenters. The van der Waals surface area contributed by atoms with Crippen LogP contribution in [0.1, 0.15) is 49.5 Å². The number of fused-ring (bicyclic) bond motifs is 1. The van der Waals surface area contributed by atoms with E-state index in [0.29, 0.717) is 0 Å². The maximum Gasteiger partial charge on any atom is 0.341 e. The lowest BCUT2D eigenvalue weighted by Crippen LogP contribution is -2.46. The highest BCUT2D eigenvalue weighted by Crippen LogP contribution is 2.40. The molecule has 0 fully saturated rings. The maximum atomic E-state index is 13.6. The molecule has 2 aromatic carbocycles. The van der Waals surface area contributed by atoms with Crippen LogP contribution < -0.4 is 5.43 Å². The number of pyridine rings is 2. The van der Waals surface area contributed by atoms with Gasteiger partial charge in [-0.25, -0.2) is 4.79 Å². The van der Waals surface area contributed by atoms with Crippen molar-refractivity contribution in [2.45, 2.75) is 18.5 Å². The second kappa shape index (κ2) is 9.50. The van der Waals surface area contributed by atoms with E-state index in [1.165, 1.54) is 10.8 Å². The van der Waals surface area contributed by atoms with Crippen LogP contribution in [0, 0.1) is 0 Å². The second-order valence-electron chi connectivity index (χ2n) is 8.69. The van der Waals surface area contributed by atoms with Crippen molar-refractivity contribution >= 4 is 11.9 Å². The van der Waals surface area contributed by atoms with Gasteiger partial charge in [0, 0.05) is 37.6 Å². The summed E-state index contributed by atoms with van der Waals surface area (Å²) in [5.41, 5.74) is 0.797. The van der Waals surface area contributed by atoms with Crippen molar-refractivity contribution in [2.75, 3.05) is 6.54 Å². The third kappa shape index (κ3) is 4.13. The van der Waals surface area contributed by atoms with Gasteiger partial charge in [0.1, 0.15) is 5.56 Å². The number of benzene rings is 2. The van der Waals surface area contributed by atoms with Gasteiger partial charge in [0.25, 0.3) is 5.91 Å². The Labute approximate surface area is 206 Å². The van der Waals surface area contributed by atoms with Crippen molar-refractivity contribution < 1.29 is 19.8 Å². The van der Waals surface area contributed by atoms with E-state index in [1.807, 2.05) is 66.7 Å². The van der Waals surface area contributed by atoms with E-state index in [2.05, 4.69) is 4.98 Å². The normalized spacial score (nSPS) is 15.1. The molecule has 0 spiro atoms. The summed E-state index contributed by atoms with van der Waals surface area (Å²) in [6.45, 7) is 0.435. The molecule has 3 heterocycles. The SMILES string of the molecule is O=C(O)c1cn2c(c(O)c1=O)C(=O)N(Cc1cccnc1)C[C@@H]2C(c1ccccc1)c1ccccc1. The first kappa shape index (κ1) is 23.0. The summed E-state index contributed by atoms with van der Waals surface area (Å²) >= 11 is 0. The predicted octanol–water partition coefficient (Wildman–Crippen LogP) is 3.68. The zero-order valence-corrected chi connectivity index (χ0v) is 19.2. The number of aromatic carboxylic acids is 1. The monoisotopic (exact) mass is 481 g/mol. The minimum Gasteiger partial charge on any atom is -0.503 e. The molecule has 1 amide bonds. The molecular weight excluding hydrogens is 458 g/mol. The van der Waals surface area contributed by atoms with E-state index in [9.17, 15) is 24.6 Å². The van der Waals surface area contributed by atoms with Crippen LogP contribution in [0.3, 0.4) is 0 Å². The molecule has 8 heteroatoms. The van der Waals surface area contributed by atoms with Crippen LogP contribution in [0.15, 0.2) is 96.2 Å². The van der Waals surface area contributed by atoms with Gasteiger partial charge < -0.3 is 19.7 Å². The molecule has 4 aromatic rings. The van der Waals surface area contributed by atoms with Gasteiger partial charge in [-0.2, -0.15) is 0 Å². The van der Waals surface area contributed by atoms with Gasteiger partial charge >= 0.3 is 5.97 Å². The van der Waals surface area contributed by atoms with Crippen molar-refractivity contribution in [3.8, 4) is 5.75 Å². The molecule has 1 aliphatic rings. The summed E-state index contributed by atoms with van der Waals surface area (Å²) in [6.07, 6.45) is 4.48. The summed E-state index contributed by atoms with van der Waals surface area (Å²) in [6, 6.07) is 22.5. The Morgan fingerprint density at radius 3 is 2.17 bits per heavy atom. The zero-order valence-electron chi connectivity index (χ0n) is 19.2. The van der Waals surface area contributed by atoms with Crippen LogP contribution in [-0.2, 0) is 6.54 Å². The molecule has 0 saturated heterocycles. The number of hydrogen-bond donors (Lipinski definition) is 2. The van der Waals surface area contributed by atoms with E-state index < -0.39 is 34.7 Å². The van der Waals surface area contributed by atoms with Gasteiger partial charge in [-0.05, 0) is 22.8 Å². The molecule has 5 rings (SSSR count). The highest BCUT2D eigenvalue weighted by atomic mass is 16.4. The van der Waals surface area contributed by atoms with E-state index in [4.69, 9.17) is 0 Å². The Kier molecular flexibility index (Phi) is 6.08. The van der Waals surface area contributed by atoms with Crippen LogP contribution in [0.5, 0.6) is 5.75 Å². The van der Waals surface area contributed by atoms with E-state index in [0.717, 1.165) is 16.7 Å². The number of carboxylic acids is 1. The maximum absolute atomic E-state index is 13.6. The van der Waals surface area contributed by atoms with Gasteiger partial charge in [-0.15, -0.1) is 0 Å². The molecule has 2 N–H and O–H groups in total. The molecule has 0 unspecified atom stereocenters. The van der Waals surface area contributed by atoms with Crippen molar-refractivity contribution in [3.05, 3.63) is 130 Å². The number of carboxylic acid groups (broad SMARTS) is 1. The number of nitrogens with zero attached hydrogens (tertiary/aromatic N) is 3. The first-order chi connectivity index (χ1) is 17.5. The standard InChI is InChI=1S/C28H23N3O5/c32-25-21(28(35)36)16-31-22(23(19-9-3-1-4-10-19)20-11-5-2-6-12-20)17-30(27(34)24(31)26(25)33)15-18-8-7-13-29-14-18/h1-14,16,22-23,33H,15,17H2,(H,35,36)/t22-/m1/s1. The Hall–Kier alpha value is -4.72. The second-order valence-corrected chi connectivity index (χ2v) is 8.69. The van der Waals surface area contributed by atoms with Gasteiger partial charge in [-0.1, -0.05) is 66.7 Å². The van der Waals surface area contributed by atoms with E-state index in [1.54, 1.807) is 23.4 Å². The van der Waals surface area contributed by atoms with Crippen molar-refractivity contribution in [1.29, 1.82) is 0 Å². The fourth-order valence-electron chi connectivity index (χ4n) is 4.86. The van der Waals surface area contributed by atoms with Gasteiger partial charge in [0.2, 0.25) is 5.43 Å². The third-order valence-corrected chi connectivity index (χ3v) is 6.49. The zero-order chi connectivity index (χ0) is 25.2. The third-order valence-electron chi connectivity index (χ3n) is 6.49. The molecule has 2 aromatic heterocycles. The van der Waals surface area contributed by atoms with E-state index in [-0.39, 0.29) is 24.7 Å². The van der Waals surface area contributed by atoms with Gasteiger partial charge in [0.05, 0.1) is 6.04 Å². The average molecular weight is 482 g/mol. The van der Waals surface area contributed by atoms with Gasteiger partial charge in [0.15, 0.2) is 11.4 Å². The number of carbonyl (C=O) groups excluding carboxylic acids is 1. The molecule has 1 aliphatic heterocycles. The number of aromatic nitrogens is 2. The quantitative estimate of drug-likeness (QED) is 0.435. The summed E-state index contributed by atoms with van der Waals surface area (Å²) in [7, 11) is 0. The van der Waals surface area contributed by atoms with Gasteiger partial charge in [-0.3, -0.25) is 14.6 Å². The lowest BCUT2D eigenvalue weighted by Gasteiger charge is -2.40. The molecule has 0 aliphatic carbocycles. The molecule has 0 saturated carbocycles. The smallest absolute Gasteiger partial charge is 0.341 e. The van der Waals surface area contributed by atoms with Crippen molar-refractivity contribution in [1.82, 2.24) is 14.5 Å². The first-order valence-corrected chi connectivity index (χ1v) is 11.4. The molecule has 8 nitrogen and oxygen atoms in total. The Balaban J connectivity index is 1.73. The summed E-state index contributed by atoms with van der Waals surface area (Å²) in [5.74, 6) is -3.19. The van der Waals surface area contributed by atoms with Crippen LogP contribution in [-0.4, -0.2) is 43.1 Å². The largest absolute Gasteiger partial charge is 0.503 e. The lowest BCUT2D eigenvalue weighted by molar-refractivity contribution is 0.0623. The summed E-state index contributed by atoms with van der Waals surface area (Å²) < 4.78 is 1.47. The number of rotatable bonds is 6. The molecule has 36 heavy (non-hydrogen) atoms. The van der Waals surface area contributed by atoms with Crippen LogP contribution in [0.25, 0.3) is 0 Å². The fourth-order valence-corrected chi connectivity index (χ4v) is 4.86. The fraction of sp³-hybridized carbons (Fsp3) is 0.143. The molecule has 0 radical (unpaired) electrons. The van der Waals surface area contributed by atoms with Crippen LogP contribution in [0.2, 0.25) is 0 Å². The minimum atomic E-state index is -1.47. The number of hydrogen-bond acceptors (Lipinski definition) is 5. The summed E-state index contributed by atoms with van der Waals surface area (Å²) in [5, 5.41) is 20.4. The Bertz CT molecular complexity index is 1430. The number of aromatic hydroxyl groups is 1. The molecule has 180 valence electrons. The minimum absolute atomic E-state index is 0.216. The molecular formula is C28H23N3O5. The molecule has 0 bridgehead atoms. The predicted molar refractivity (Wildman–Crippen MR) is 132 cm³/mol. The van der Waals surface area contributed by atoms with Crippen LogP contribution >= 0.6 is 0 Å². The van der Waals surface area contributed by atoms with Crippen molar-refractivity contribution in [3.63, 3.8) is 0 Å². The summed E-state index contributed by atoms with van der Waals surface area (Å²) in [4.78, 5) is 43.8. The lowest BCUT2D eigenvalue weighted by atomic mass is 9.83. The highest BCUT2D eigenvalue weighted by Gasteiger charge is 2.39.